The summed E-state index contributed by atoms with van der Waals surface area (Å²) in [6, 6.07) is -0.274. The van der Waals surface area contributed by atoms with E-state index in [0.29, 0.717) is 34.9 Å². The predicted octanol–water partition coefficient (Wildman–Crippen LogP) is 1.94. The summed E-state index contributed by atoms with van der Waals surface area (Å²) in [6.07, 6.45) is 1.47. The van der Waals surface area contributed by atoms with Gasteiger partial charge in [0.25, 0.3) is 5.91 Å². The molecule has 1 atom stereocenters. The van der Waals surface area contributed by atoms with E-state index in [-0.39, 0.29) is 17.7 Å². The Morgan fingerprint density at radius 2 is 2.09 bits per heavy atom. The van der Waals surface area contributed by atoms with Crippen molar-refractivity contribution < 1.29 is 9.59 Å². The number of hydrogen-bond donors (Lipinski definition) is 2. The number of nitrogens with one attached hydrogen (secondary N) is 2. The van der Waals surface area contributed by atoms with Crippen LogP contribution in [-0.2, 0) is 6.54 Å². The minimum atomic E-state index is -0.274. The highest BCUT2D eigenvalue weighted by atomic mass is 16.2. The smallest absolute Gasteiger partial charge is 0.253 e. The maximum atomic E-state index is 12.5. The number of H-pyrrole nitrogens is 1. The van der Waals surface area contributed by atoms with Crippen molar-refractivity contribution in [1.82, 2.24) is 25.1 Å². The average Bonchev–Trinajstić information content (AvgIpc) is 3.02. The van der Waals surface area contributed by atoms with Crippen LogP contribution in [0.3, 0.4) is 0 Å². The van der Waals surface area contributed by atoms with Crippen LogP contribution in [0.4, 0.5) is 0 Å². The number of aromatic amines is 1. The van der Waals surface area contributed by atoms with Gasteiger partial charge in [-0.1, -0.05) is 0 Å². The molecular weight excluding hydrogens is 282 g/mol. The van der Waals surface area contributed by atoms with E-state index in [2.05, 4.69) is 20.4 Å². The molecule has 1 unspecified atom stereocenters. The van der Waals surface area contributed by atoms with Crippen molar-refractivity contribution in [1.29, 1.82) is 0 Å². The van der Waals surface area contributed by atoms with E-state index in [1.54, 1.807) is 18.5 Å². The third kappa shape index (κ3) is 2.79. The zero-order valence-corrected chi connectivity index (χ0v) is 13.5. The Kier molecular flexibility index (Phi) is 4.44. The molecule has 2 N–H and O–H groups in total. The van der Waals surface area contributed by atoms with Gasteiger partial charge in [-0.3, -0.25) is 9.59 Å². The summed E-state index contributed by atoms with van der Waals surface area (Å²) in [7, 11) is 0. The monoisotopic (exact) mass is 303 g/mol. The summed E-state index contributed by atoms with van der Waals surface area (Å²) in [5.41, 5.74) is 2.35. The van der Waals surface area contributed by atoms with Crippen LogP contribution in [-0.4, -0.2) is 31.4 Å². The van der Waals surface area contributed by atoms with Gasteiger partial charge in [-0.25, -0.2) is 9.67 Å². The molecule has 0 aliphatic carbocycles. The molecule has 2 aromatic rings. The SMILES string of the molecule is CCn1ncnc1C(C)NC(=O)c1c(C)[nH]c(C(C)=O)c1C. The Balaban J connectivity index is 2.25. The van der Waals surface area contributed by atoms with E-state index in [9.17, 15) is 9.59 Å². The fourth-order valence-electron chi connectivity index (χ4n) is 2.63. The number of hydrogen-bond acceptors (Lipinski definition) is 4. The third-order valence-corrected chi connectivity index (χ3v) is 3.70. The summed E-state index contributed by atoms with van der Waals surface area (Å²) in [5.74, 6) is 0.392. The largest absolute Gasteiger partial charge is 0.355 e. The van der Waals surface area contributed by atoms with Crippen LogP contribution in [0.2, 0.25) is 0 Å². The zero-order valence-electron chi connectivity index (χ0n) is 13.5. The number of carbonyl (C=O) groups is 2. The highest BCUT2D eigenvalue weighted by molar-refractivity contribution is 6.02. The second kappa shape index (κ2) is 6.13. The topological polar surface area (TPSA) is 92.7 Å². The summed E-state index contributed by atoms with van der Waals surface area (Å²) in [6.45, 7) is 9.55. The van der Waals surface area contributed by atoms with E-state index >= 15 is 0 Å². The van der Waals surface area contributed by atoms with E-state index in [1.165, 1.54) is 13.3 Å². The molecule has 0 saturated heterocycles. The Morgan fingerprint density at radius 3 is 2.64 bits per heavy atom. The predicted molar refractivity (Wildman–Crippen MR) is 81.8 cm³/mol. The fraction of sp³-hybridized carbons (Fsp3) is 0.467. The Morgan fingerprint density at radius 1 is 1.41 bits per heavy atom. The van der Waals surface area contributed by atoms with Gasteiger partial charge in [0, 0.05) is 19.2 Å². The number of aromatic nitrogens is 4. The number of amides is 1. The lowest BCUT2D eigenvalue weighted by Gasteiger charge is -2.14. The summed E-state index contributed by atoms with van der Waals surface area (Å²) < 4.78 is 1.74. The molecule has 0 radical (unpaired) electrons. The first-order valence-electron chi connectivity index (χ1n) is 7.25. The first kappa shape index (κ1) is 15.9. The van der Waals surface area contributed by atoms with Crippen molar-refractivity contribution in [2.24, 2.45) is 0 Å². The number of carbonyl (C=O) groups excluding carboxylic acids is 2. The molecule has 2 aromatic heterocycles. The molecule has 0 aliphatic heterocycles. The molecular formula is C15H21N5O2. The Bertz CT molecular complexity index is 714. The van der Waals surface area contributed by atoms with Gasteiger partial charge in [-0.05, 0) is 33.3 Å². The molecule has 0 bridgehead atoms. The Hall–Kier alpha value is -2.44. The average molecular weight is 303 g/mol. The molecule has 7 heteroatoms. The Labute approximate surface area is 129 Å². The maximum absolute atomic E-state index is 12.5. The van der Waals surface area contributed by atoms with Crippen LogP contribution in [0.25, 0.3) is 0 Å². The minimum Gasteiger partial charge on any atom is -0.355 e. The van der Waals surface area contributed by atoms with Gasteiger partial charge in [-0.2, -0.15) is 5.10 Å². The van der Waals surface area contributed by atoms with Crippen molar-refractivity contribution in [3.63, 3.8) is 0 Å². The van der Waals surface area contributed by atoms with Gasteiger partial charge >= 0.3 is 0 Å². The van der Waals surface area contributed by atoms with E-state index in [1.807, 2.05) is 13.8 Å². The van der Waals surface area contributed by atoms with Gasteiger partial charge in [0.05, 0.1) is 17.3 Å². The van der Waals surface area contributed by atoms with Crippen LogP contribution in [0.5, 0.6) is 0 Å². The van der Waals surface area contributed by atoms with Crippen molar-refractivity contribution in [2.45, 2.75) is 47.2 Å². The molecule has 2 heterocycles. The van der Waals surface area contributed by atoms with Gasteiger partial charge in [-0.15, -0.1) is 0 Å². The summed E-state index contributed by atoms with van der Waals surface area (Å²) in [5, 5.41) is 7.02. The zero-order chi connectivity index (χ0) is 16.4. The fourth-order valence-corrected chi connectivity index (χ4v) is 2.63. The van der Waals surface area contributed by atoms with Gasteiger partial charge < -0.3 is 10.3 Å². The lowest BCUT2D eigenvalue weighted by Crippen LogP contribution is -2.29. The number of ketones is 1. The van der Waals surface area contributed by atoms with Gasteiger partial charge in [0.15, 0.2) is 5.78 Å². The van der Waals surface area contributed by atoms with Gasteiger partial charge in [0.2, 0.25) is 0 Å². The lowest BCUT2D eigenvalue weighted by molar-refractivity contribution is 0.0936. The highest BCUT2D eigenvalue weighted by Gasteiger charge is 2.22. The molecule has 0 fully saturated rings. The second-order valence-electron chi connectivity index (χ2n) is 5.31. The molecule has 0 saturated carbocycles. The lowest BCUT2D eigenvalue weighted by atomic mass is 10.1. The van der Waals surface area contributed by atoms with E-state index in [4.69, 9.17) is 0 Å². The van der Waals surface area contributed by atoms with Crippen LogP contribution in [0, 0.1) is 13.8 Å². The quantitative estimate of drug-likeness (QED) is 0.825. The maximum Gasteiger partial charge on any atom is 0.253 e. The number of rotatable bonds is 5. The van der Waals surface area contributed by atoms with Crippen LogP contribution >= 0.6 is 0 Å². The van der Waals surface area contributed by atoms with Crippen molar-refractivity contribution in [3.05, 3.63) is 34.7 Å². The molecule has 0 aliphatic rings. The summed E-state index contributed by atoms with van der Waals surface area (Å²) >= 11 is 0. The summed E-state index contributed by atoms with van der Waals surface area (Å²) in [4.78, 5) is 31.3. The minimum absolute atomic E-state index is 0.0848. The highest BCUT2D eigenvalue weighted by Crippen LogP contribution is 2.19. The number of nitrogens with zero attached hydrogens (tertiary/aromatic N) is 3. The van der Waals surface area contributed by atoms with E-state index in [0.717, 1.165) is 0 Å². The first-order chi connectivity index (χ1) is 10.4. The third-order valence-electron chi connectivity index (χ3n) is 3.70. The van der Waals surface area contributed by atoms with E-state index < -0.39 is 0 Å². The molecule has 22 heavy (non-hydrogen) atoms. The molecule has 7 nitrogen and oxygen atoms in total. The molecule has 0 spiro atoms. The van der Waals surface area contributed by atoms with Crippen molar-refractivity contribution in [2.75, 3.05) is 0 Å². The molecule has 2 rings (SSSR count). The van der Waals surface area contributed by atoms with Crippen molar-refractivity contribution in [3.8, 4) is 0 Å². The molecule has 0 aromatic carbocycles. The van der Waals surface area contributed by atoms with Gasteiger partial charge in [0.1, 0.15) is 12.2 Å². The van der Waals surface area contributed by atoms with Crippen LogP contribution < -0.4 is 5.32 Å². The van der Waals surface area contributed by atoms with Crippen LogP contribution in [0.15, 0.2) is 6.33 Å². The number of Topliss-reactive ketones (excluding diaryl/α,β-unsaturated/α-hetero) is 1. The van der Waals surface area contributed by atoms with Crippen LogP contribution in [0.1, 0.15) is 64.7 Å². The first-order valence-corrected chi connectivity index (χ1v) is 7.25. The molecule has 118 valence electrons. The van der Waals surface area contributed by atoms with Crippen molar-refractivity contribution >= 4 is 11.7 Å². The second-order valence-corrected chi connectivity index (χ2v) is 5.31. The molecule has 1 amide bonds. The number of aryl methyl sites for hydroxylation is 2. The normalized spacial score (nSPS) is 12.2. The standard InChI is InChI=1S/C15H21N5O2/c1-6-20-14(16-7-17-20)10(4)19-15(22)12-8(2)13(11(5)21)18-9(12)3/h7,10,18H,6H2,1-5H3,(H,19,22).